The summed E-state index contributed by atoms with van der Waals surface area (Å²) in [6.45, 7) is 7.48. The van der Waals surface area contributed by atoms with Gasteiger partial charge in [-0.1, -0.05) is 30.3 Å². The Bertz CT molecular complexity index is 2180. The summed E-state index contributed by atoms with van der Waals surface area (Å²) in [6, 6.07) is 17.2. The Morgan fingerprint density at radius 1 is 0.867 bits per heavy atom. The molecule has 1 heterocycles. The minimum Gasteiger partial charge on any atom is -0.478 e. The van der Waals surface area contributed by atoms with Crippen LogP contribution in [0.3, 0.4) is 0 Å². The molecule has 0 spiro atoms. The van der Waals surface area contributed by atoms with Gasteiger partial charge < -0.3 is 20.5 Å². The van der Waals surface area contributed by atoms with Crippen LogP contribution in [0.15, 0.2) is 66.7 Å². The number of aromatic amines is 1. The second-order valence-corrected chi connectivity index (χ2v) is 15.9. The first kappa shape index (κ1) is 45.3. The molecule has 0 bridgehead atoms. The zero-order valence-corrected chi connectivity index (χ0v) is 33.1. The van der Waals surface area contributed by atoms with Gasteiger partial charge in [0.1, 0.15) is 11.4 Å². The number of H-pyrrole nitrogens is 1. The molecule has 1 aliphatic carbocycles. The number of benzene rings is 3. The number of aromatic nitrogens is 3. The number of carboxylic acids is 1. The second-order valence-electron chi connectivity index (χ2n) is 15.9. The minimum atomic E-state index is -6.56. The molecule has 3 aromatic carbocycles. The number of carbonyl (C=O) groups excluding carboxylic acids is 3. The van der Waals surface area contributed by atoms with Gasteiger partial charge in [0.25, 0.3) is 0 Å². The van der Waals surface area contributed by atoms with Crippen molar-refractivity contribution in [2.45, 2.75) is 89.8 Å². The molecule has 0 saturated heterocycles. The van der Waals surface area contributed by atoms with Gasteiger partial charge in [-0.25, -0.2) is 14.6 Å². The molecule has 322 valence electrons. The van der Waals surface area contributed by atoms with Crippen molar-refractivity contribution < 1.29 is 59.8 Å². The quantitative estimate of drug-likeness (QED) is 0.0912. The fourth-order valence-corrected chi connectivity index (χ4v) is 6.93. The second kappa shape index (κ2) is 17.8. The van der Waals surface area contributed by atoms with Crippen molar-refractivity contribution >= 4 is 29.4 Å². The summed E-state index contributed by atoms with van der Waals surface area (Å²) in [6.07, 6.45) is -4.56. The van der Waals surface area contributed by atoms with Crippen LogP contribution < -0.4 is 10.6 Å². The number of carboxylic acid groups (broad SMARTS) is 1. The van der Waals surface area contributed by atoms with Crippen molar-refractivity contribution in [1.29, 1.82) is 0 Å². The number of ketones is 1. The number of nitrogens with zero attached hydrogens (tertiary/aromatic N) is 2. The van der Waals surface area contributed by atoms with Gasteiger partial charge in [0.05, 0.1) is 5.56 Å². The molecule has 11 nitrogen and oxygen atoms in total. The fraction of sp³-hybridized carbons (Fsp3) is 0.429. The number of alkyl carbamates (subject to hydrolysis) is 1. The number of ether oxygens (including phenoxy) is 1. The van der Waals surface area contributed by atoms with Crippen LogP contribution in [0.2, 0.25) is 0 Å². The molecule has 5 rings (SSSR count). The van der Waals surface area contributed by atoms with E-state index in [1.54, 1.807) is 39.8 Å². The molecule has 1 atom stereocenters. The average molecular weight is 848 g/mol. The third kappa shape index (κ3) is 10.9. The molecule has 1 saturated carbocycles. The maximum Gasteiger partial charge on any atom is 0.460 e. The Morgan fingerprint density at radius 2 is 1.48 bits per heavy atom. The maximum absolute atomic E-state index is 14.2. The Labute approximate surface area is 340 Å². The molecule has 60 heavy (non-hydrogen) atoms. The van der Waals surface area contributed by atoms with E-state index in [0.717, 1.165) is 22.3 Å². The fourth-order valence-electron chi connectivity index (χ4n) is 6.93. The van der Waals surface area contributed by atoms with Gasteiger partial charge in [-0.2, -0.15) is 35.8 Å². The van der Waals surface area contributed by atoms with E-state index in [9.17, 15) is 55.0 Å². The minimum absolute atomic E-state index is 0.0434. The molecule has 1 fully saturated rings. The number of Topliss-reactive ketones (excluding diaryl/α,β-unsaturated/α-hetero) is 1. The number of hydrogen-bond acceptors (Lipinski definition) is 7. The van der Waals surface area contributed by atoms with Crippen molar-refractivity contribution in [2.75, 3.05) is 11.9 Å². The van der Waals surface area contributed by atoms with Gasteiger partial charge in [-0.15, -0.1) is 0 Å². The number of aromatic carboxylic acids is 1. The standard InChI is InChI=1S/C42H44F7N5O6/c1-23-19-29(36(57)58)15-18-32(23)26-9-5-24(6-10-26)20-30(21-33(55)27-11-7-25(8-12-27)22-50-38(59)60-39(2,3)4)35(56)51-31-16-13-28(14-17-31)34-52-37(54-53-34)40(43,44)41(45,46)42(47,48)49/h5-6,9-10,13-19,25,27,30H,7-8,11-12,20-22H2,1-4H3,(H,50,59)(H,51,56)(H,57,58)(H,52,53,54). The van der Waals surface area contributed by atoms with Crippen LogP contribution >= 0.6 is 0 Å². The number of carbonyl (C=O) groups is 4. The Kier molecular flexibility index (Phi) is 13.4. The van der Waals surface area contributed by atoms with Crippen LogP contribution in [-0.4, -0.2) is 68.3 Å². The van der Waals surface area contributed by atoms with E-state index in [2.05, 4.69) is 20.7 Å². The first-order valence-electron chi connectivity index (χ1n) is 19.0. The predicted molar refractivity (Wildman–Crippen MR) is 205 cm³/mol. The maximum atomic E-state index is 14.2. The molecule has 4 aromatic rings. The van der Waals surface area contributed by atoms with E-state index in [-0.39, 0.29) is 47.3 Å². The van der Waals surface area contributed by atoms with Crippen molar-refractivity contribution in [1.82, 2.24) is 20.5 Å². The van der Waals surface area contributed by atoms with E-state index in [1.807, 2.05) is 24.3 Å². The normalized spacial score (nSPS) is 16.8. The highest BCUT2D eigenvalue weighted by Crippen LogP contribution is 2.51. The van der Waals surface area contributed by atoms with Gasteiger partial charge in [0.2, 0.25) is 11.7 Å². The third-order valence-electron chi connectivity index (χ3n) is 10.2. The molecule has 2 amide bonds. The molecule has 4 N–H and O–H groups in total. The largest absolute Gasteiger partial charge is 0.478 e. The van der Waals surface area contributed by atoms with Crippen molar-refractivity contribution in [3.05, 3.63) is 89.2 Å². The summed E-state index contributed by atoms with van der Waals surface area (Å²) < 4.78 is 98.8. The topological polar surface area (TPSA) is 163 Å². The highest BCUT2D eigenvalue weighted by Gasteiger charge is 2.75. The lowest BCUT2D eigenvalue weighted by atomic mass is 9.77. The zero-order valence-electron chi connectivity index (χ0n) is 33.1. The van der Waals surface area contributed by atoms with Crippen LogP contribution in [0.25, 0.3) is 22.5 Å². The summed E-state index contributed by atoms with van der Waals surface area (Å²) in [7, 11) is 0. The number of amides is 2. The zero-order chi connectivity index (χ0) is 44.2. The lowest BCUT2D eigenvalue weighted by Gasteiger charge is -2.29. The van der Waals surface area contributed by atoms with Crippen LogP contribution in [0.1, 0.15) is 80.2 Å². The summed E-state index contributed by atoms with van der Waals surface area (Å²) in [5.74, 6) is -17.5. The smallest absolute Gasteiger partial charge is 0.460 e. The number of alkyl halides is 7. The van der Waals surface area contributed by atoms with Crippen molar-refractivity contribution in [3.8, 4) is 22.5 Å². The van der Waals surface area contributed by atoms with Crippen LogP contribution in [0, 0.1) is 24.7 Å². The number of halogens is 7. The highest BCUT2D eigenvalue weighted by atomic mass is 19.4. The van der Waals surface area contributed by atoms with Crippen molar-refractivity contribution in [2.24, 2.45) is 17.8 Å². The van der Waals surface area contributed by atoms with E-state index >= 15 is 0 Å². The molecular weight excluding hydrogens is 803 g/mol. The molecule has 18 heteroatoms. The molecule has 1 unspecified atom stereocenters. The van der Waals surface area contributed by atoms with Crippen LogP contribution in [0.4, 0.5) is 41.2 Å². The number of anilines is 1. The first-order chi connectivity index (χ1) is 27.9. The van der Waals surface area contributed by atoms with Crippen LogP contribution in [-0.2, 0) is 26.7 Å². The van der Waals surface area contributed by atoms with E-state index in [4.69, 9.17) is 4.74 Å². The number of rotatable bonds is 14. The molecular formula is C42H44F7N5O6. The molecule has 0 radical (unpaired) electrons. The Morgan fingerprint density at radius 3 is 2.05 bits per heavy atom. The van der Waals surface area contributed by atoms with E-state index in [0.29, 0.717) is 32.2 Å². The number of hydrogen-bond donors (Lipinski definition) is 4. The molecule has 0 aliphatic heterocycles. The lowest BCUT2D eigenvalue weighted by molar-refractivity contribution is -0.361. The van der Waals surface area contributed by atoms with Gasteiger partial charge >= 0.3 is 30.1 Å². The molecule has 1 aliphatic rings. The summed E-state index contributed by atoms with van der Waals surface area (Å²) in [4.78, 5) is 54.3. The Balaban J connectivity index is 1.29. The van der Waals surface area contributed by atoms with Gasteiger partial charge in [-0.3, -0.25) is 14.7 Å². The summed E-state index contributed by atoms with van der Waals surface area (Å²) in [5.41, 5.74) is 2.75. The first-order valence-corrected chi connectivity index (χ1v) is 19.0. The van der Waals surface area contributed by atoms with E-state index < -0.39 is 59.2 Å². The van der Waals surface area contributed by atoms with Crippen LogP contribution in [0.5, 0.6) is 0 Å². The monoisotopic (exact) mass is 847 g/mol. The Hall–Kier alpha value is -5.81. The highest BCUT2D eigenvalue weighted by molar-refractivity contribution is 5.96. The number of aryl methyl sites for hydroxylation is 1. The van der Waals surface area contributed by atoms with Gasteiger partial charge in [0, 0.05) is 36.1 Å². The van der Waals surface area contributed by atoms with Gasteiger partial charge in [-0.05, 0) is 124 Å². The lowest BCUT2D eigenvalue weighted by Crippen LogP contribution is -2.50. The summed E-state index contributed by atoms with van der Waals surface area (Å²) >= 11 is 0. The predicted octanol–water partition coefficient (Wildman–Crippen LogP) is 9.52. The van der Waals surface area contributed by atoms with Crippen molar-refractivity contribution in [3.63, 3.8) is 0 Å². The molecule has 1 aromatic heterocycles. The SMILES string of the molecule is Cc1cc(C(=O)O)ccc1-c1ccc(CC(CC(=O)C2CCC(CNC(=O)OC(C)(C)C)CC2)C(=O)Nc2ccc(-c3n[nH]c(C(F)(F)C(F)(F)C(F)(F)F)n3)cc2)cc1. The number of nitrogens with one attached hydrogen (secondary N) is 3. The third-order valence-corrected chi connectivity index (χ3v) is 10.2. The summed E-state index contributed by atoms with van der Waals surface area (Å²) in [5, 5.41) is 19.7. The average Bonchev–Trinajstić information content (AvgIpc) is 3.68. The van der Waals surface area contributed by atoms with Gasteiger partial charge in [0.15, 0.2) is 5.82 Å². The van der Waals surface area contributed by atoms with E-state index in [1.165, 1.54) is 35.4 Å².